The van der Waals surface area contributed by atoms with Crippen molar-refractivity contribution < 1.29 is 24.1 Å². The van der Waals surface area contributed by atoms with Gasteiger partial charge in [-0.2, -0.15) is 0 Å². The van der Waals surface area contributed by atoms with Gasteiger partial charge in [0.15, 0.2) is 5.76 Å². The van der Waals surface area contributed by atoms with Gasteiger partial charge in [0.25, 0.3) is 0 Å². The highest BCUT2D eigenvalue weighted by molar-refractivity contribution is 5.29. The van der Waals surface area contributed by atoms with Gasteiger partial charge in [-0.3, -0.25) is 0 Å². The highest BCUT2D eigenvalue weighted by Crippen LogP contribution is 2.40. The molecule has 5 nitrogen and oxygen atoms in total. The Labute approximate surface area is 101 Å². The lowest BCUT2D eigenvalue weighted by atomic mass is 10.1. The molecule has 2 aliphatic rings. The fourth-order valence-electron chi connectivity index (χ4n) is 1.91. The minimum atomic E-state index is -1.05. The molecule has 1 aliphatic carbocycles. The Morgan fingerprint density at radius 3 is 3.00 bits per heavy atom. The van der Waals surface area contributed by atoms with Crippen molar-refractivity contribution in [1.29, 1.82) is 0 Å². The van der Waals surface area contributed by atoms with Crippen LogP contribution in [0.25, 0.3) is 0 Å². The number of rotatable bonds is 5. The highest BCUT2D eigenvalue weighted by atomic mass is 16.9. The van der Waals surface area contributed by atoms with Gasteiger partial charge in [-0.05, 0) is 19.4 Å². The van der Waals surface area contributed by atoms with Crippen LogP contribution in [0.5, 0.6) is 0 Å². The van der Waals surface area contributed by atoms with E-state index in [0.29, 0.717) is 18.1 Å². The minimum absolute atomic E-state index is 0.0243. The van der Waals surface area contributed by atoms with Crippen molar-refractivity contribution in [2.24, 2.45) is 0 Å². The second-order valence-electron chi connectivity index (χ2n) is 3.93. The molecule has 0 saturated heterocycles. The summed E-state index contributed by atoms with van der Waals surface area (Å²) in [5, 5.41) is 8.76. The van der Waals surface area contributed by atoms with Gasteiger partial charge in [0.05, 0.1) is 13.2 Å². The largest absolute Gasteiger partial charge is 0.488 e. The predicted octanol–water partition coefficient (Wildman–Crippen LogP) is 1.64. The summed E-state index contributed by atoms with van der Waals surface area (Å²) in [7, 11) is 0. The van der Waals surface area contributed by atoms with Crippen LogP contribution in [0, 0.1) is 0 Å². The maximum Gasteiger partial charge on any atom is 0.368 e. The van der Waals surface area contributed by atoms with Gasteiger partial charge in [-0.15, -0.1) is 0 Å². The molecule has 0 aromatic carbocycles. The van der Waals surface area contributed by atoms with E-state index in [9.17, 15) is 0 Å². The van der Waals surface area contributed by atoms with Gasteiger partial charge in [0.1, 0.15) is 12.4 Å². The van der Waals surface area contributed by atoms with Crippen LogP contribution in [0.2, 0.25) is 0 Å². The normalized spacial score (nSPS) is 27.1. The average molecular weight is 242 g/mol. The molecule has 17 heavy (non-hydrogen) atoms. The first-order valence-electron chi connectivity index (χ1n) is 5.88. The molecular weight excluding hydrogens is 224 g/mol. The van der Waals surface area contributed by atoms with Crippen molar-refractivity contribution in [2.45, 2.75) is 32.7 Å². The molecule has 1 N–H and O–H groups in total. The first-order valence-corrected chi connectivity index (χ1v) is 5.88. The Kier molecular flexibility index (Phi) is 3.59. The maximum atomic E-state index is 8.76. The Balaban J connectivity index is 2.07. The minimum Gasteiger partial charge on any atom is -0.488 e. The second kappa shape index (κ2) is 4.98. The lowest BCUT2D eigenvalue weighted by molar-refractivity contribution is -0.314. The van der Waals surface area contributed by atoms with Gasteiger partial charge in [-0.25, -0.2) is 0 Å². The summed E-state index contributed by atoms with van der Waals surface area (Å²) in [5.74, 6) is 0.937. The van der Waals surface area contributed by atoms with Crippen LogP contribution in [-0.4, -0.2) is 30.9 Å². The number of hydrogen-bond acceptors (Lipinski definition) is 5. The second-order valence-corrected chi connectivity index (χ2v) is 3.93. The monoisotopic (exact) mass is 242 g/mol. The summed E-state index contributed by atoms with van der Waals surface area (Å²) < 4.78 is 22.1. The number of allylic oxidation sites excluding steroid dienone is 2. The first-order chi connectivity index (χ1) is 8.18. The third-order valence-corrected chi connectivity index (χ3v) is 2.53. The van der Waals surface area contributed by atoms with E-state index in [2.05, 4.69) is 0 Å². The van der Waals surface area contributed by atoms with E-state index in [1.165, 1.54) is 0 Å². The van der Waals surface area contributed by atoms with E-state index >= 15 is 0 Å². The molecular formula is C12H18O5. The molecule has 0 aromatic heterocycles. The van der Waals surface area contributed by atoms with E-state index in [1.807, 2.05) is 13.0 Å². The molecule has 0 aromatic rings. The molecule has 2 rings (SSSR count). The molecule has 5 heteroatoms. The topological polar surface area (TPSA) is 57.2 Å². The maximum absolute atomic E-state index is 8.76. The molecule has 0 fully saturated rings. The van der Waals surface area contributed by atoms with E-state index in [0.717, 1.165) is 18.6 Å². The molecule has 0 radical (unpaired) electrons. The van der Waals surface area contributed by atoms with Gasteiger partial charge >= 0.3 is 5.97 Å². The molecule has 0 bridgehead atoms. The fourth-order valence-corrected chi connectivity index (χ4v) is 1.91. The highest BCUT2D eigenvalue weighted by Gasteiger charge is 2.42. The summed E-state index contributed by atoms with van der Waals surface area (Å²) in [6.45, 7) is 4.35. The van der Waals surface area contributed by atoms with Crippen LogP contribution < -0.4 is 0 Å². The van der Waals surface area contributed by atoms with Crippen molar-refractivity contribution >= 4 is 0 Å². The van der Waals surface area contributed by atoms with Crippen LogP contribution in [0.4, 0.5) is 0 Å². The lowest BCUT2D eigenvalue weighted by Gasteiger charge is -2.23. The van der Waals surface area contributed by atoms with Gasteiger partial charge < -0.3 is 24.1 Å². The van der Waals surface area contributed by atoms with Crippen LogP contribution in [0.1, 0.15) is 26.7 Å². The molecule has 0 amide bonds. The Hall–Kier alpha value is -1.20. The Bertz CT molecular complexity index is 347. The fraction of sp³-hybridized carbons (Fsp3) is 0.667. The quantitative estimate of drug-likeness (QED) is 0.794. The molecule has 1 aliphatic heterocycles. The number of aliphatic hydroxyl groups excluding tert-OH is 1. The van der Waals surface area contributed by atoms with Gasteiger partial charge in [0, 0.05) is 13.3 Å². The number of aliphatic hydroxyl groups is 1. The molecule has 96 valence electrons. The zero-order valence-electron chi connectivity index (χ0n) is 10.2. The standard InChI is InChI=1S/C12H18O5/c1-3-15-12(2)16-10-6-4-5-9(11(10)17-12)14-8-7-13/h5,13H,3-4,6-8H2,1-2H3. The van der Waals surface area contributed by atoms with Crippen LogP contribution in [0.3, 0.4) is 0 Å². The van der Waals surface area contributed by atoms with Crippen molar-refractivity contribution in [3.8, 4) is 0 Å². The predicted molar refractivity (Wildman–Crippen MR) is 59.6 cm³/mol. The molecule has 1 unspecified atom stereocenters. The molecule has 1 heterocycles. The number of hydrogen-bond donors (Lipinski definition) is 1. The van der Waals surface area contributed by atoms with Crippen molar-refractivity contribution in [2.75, 3.05) is 19.8 Å². The Morgan fingerprint density at radius 1 is 1.47 bits per heavy atom. The van der Waals surface area contributed by atoms with E-state index in [-0.39, 0.29) is 13.2 Å². The summed E-state index contributed by atoms with van der Waals surface area (Å²) in [6.07, 6.45) is 3.56. The summed E-state index contributed by atoms with van der Waals surface area (Å²) in [6, 6.07) is 0. The van der Waals surface area contributed by atoms with Crippen molar-refractivity contribution in [1.82, 2.24) is 0 Å². The zero-order chi connectivity index (χ0) is 12.3. The van der Waals surface area contributed by atoms with Crippen molar-refractivity contribution in [3.05, 3.63) is 23.4 Å². The number of ether oxygens (including phenoxy) is 4. The first kappa shape index (κ1) is 12.3. The van der Waals surface area contributed by atoms with E-state index in [4.69, 9.17) is 24.1 Å². The van der Waals surface area contributed by atoms with Gasteiger partial charge in [0.2, 0.25) is 5.76 Å². The van der Waals surface area contributed by atoms with Crippen LogP contribution in [-0.2, 0) is 18.9 Å². The van der Waals surface area contributed by atoms with Crippen LogP contribution in [0.15, 0.2) is 23.4 Å². The van der Waals surface area contributed by atoms with Crippen LogP contribution >= 0.6 is 0 Å². The third kappa shape index (κ3) is 2.56. The molecule has 1 atom stereocenters. The SMILES string of the molecule is CCOC1(C)OC2=C(O1)C(OCCO)=CCC2. The zero-order valence-corrected chi connectivity index (χ0v) is 10.2. The average Bonchev–Trinajstić information content (AvgIpc) is 2.63. The molecule has 0 spiro atoms. The van der Waals surface area contributed by atoms with Gasteiger partial charge in [-0.1, -0.05) is 0 Å². The van der Waals surface area contributed by atoms with E-state index in [1.54, 1.807) is 6.92 Å². The van der Waals surface area contributed by atoms with E-state index < -0.39 is 5.97 Å². The summed E-state index contributed by atoms with van der Waals surface area (Å²) in [5.41, 5.74) is 0. The summed E-state index contributed by atoms with van der Waals surface area (Å²) >= 11 is 0. The summed E-state index contributed by atoms with van der Waals surface area (Å²) in [4.78, 5) is 0. The smallest absolute Gasteiger partial charge is 0.368 e. The van der Waals surface area contributed by atoms with Crippen molar-refractivity contribution in [3.63, 3.8) is 0 Å². The lowest BCUT2D eigenvalue weighted by Crippen LogP contribution is -2.30. The Morgan fingerprint density at radius 2 is 2.29 bits per heavy atom. The molecule has 0 saturated carbocycles. The third-order valence-electron chi connectivity index (χ3n) is 2.53.